The number of fused-ring (bicyclic) bond motifs is 1. The van der Waals surface area contributed by atoms with E-state index in [1.165, 1.54) is 5.39 Å². The molecule has 0 atom stereocenters. The molecule has 1 aromatic heterocycles. The number of anilines is 1. The van der Waals surface area contributed by atoms with E-state index in [2.05, 4.69) is 11.1 Å². The number of aliphatic hydroxyl groups is 1. The lowest BCUT2D eigenvalue weighted by Crippen LogP contribution is -2.20. The second kappa shape index (κ2) is 3.72. The SMILES string of the molecule is CN(CCO)c1c[nH]c2ccccc12. The van der Waals surface area contributed by atoms with Gasteiger partial charge in [-0.25, -0.2) is 0 Å². The molecule has 0 aliphatic heterocycles. The van der Waals surface area contributed by atoms with E-state index < -0.39 is 0 Å². The Morgan fingerprint density at radius 1 is 1.36 bits per heavy atom. The molecule has 0 fully saturated rings. The van der Waals surface area contributed by atoms with Crippen LogP contribution in [0.4, 0.5) is 5.69 Å². The number of nitrogens with zero attached hydrogens (tertiary/aromatic N) is 1. The van der Waals surface area contributed by atoms with Gasteiger partial charge in [0, 0.05) is 30.7 Å². The van der Waals surface area contributed by atoms with Crippen molar-refractivity contribution in [2.24, 2.45) is 0 Å². The Kier molecular flexibility index (Phi) is 2.41. The number of hydrogen-bond donors (Lipinski definition) is 2. The van der Waals surface area contributed by atoms with Gasteiger partial charge >= 0.3 is 0 Å². The minimum Gasteiger partial charge on any atom is -0.395 e. The van der Waals surface area contributed by atoms with E-state index in [4.69, 9.17) is 5.11 Å². The largest absolute Gasteiger partial charge is 0.395 e. The van der Waals surface area contributed by atoms with E-state index in [0.717, 1.165) is 11.2 Å². The summed E-state index contributed by atoms with van der Waals surface area (Å²) in [6, 6.07) is 8.15. The van der Waals surface area contributed by atoms with Gasteiger partial charge in [0.2, 0.25) is 0 Å². The first-order chi connectivity index (χ1) is 6.83. The van der Waals surface area contributed by atoms with Crippen molar-refractivity contribution >= 4 is 16.6 Å². The Labute approximate surface area is 83.0 Å². The normalized spacial score (nSPS) is 10.7. The summed E-state index contributed by atoms with van der Waals surface area (Å²) >= 11 is 0. The van der Waals surface area contributed by atoms with Gasteiger partial charge in [0.25, 0.3) is 0 Å². The minimum absolute atomic E-state index is 0.177. The molecule has 0 radical (unpaired) electrons. The molecule has 0 spiro atoms. The molecule has 3 nitrogen and oxygen atoms in total. The van der Waals surface area contributed by atoms with Gasteiger partial charge in [0.05, 0.1) is 12.3 Å². The first-order valence-corrected chi connectivity index (χ1v) is 4.71. The van der Waals surface area contributed by atoms with Gasteiger partial charge < -0.3 is 15.0 Å². The number of H-pyrrole nitrogens is 1. The van der Waals surface area contributed by atoms with Crippen molar-refractivity contribution in [3.8, 4) is 0 Å². The minimum atomic E-state index is 0.177. The zero-order valence-electron chi connectivity index (χ0n) is 8.20. The summed E-state index contributed by atoms with van der Waals surface area (Å²) < 4.78 is 0. The van der Waals surface area contributed by atoms with Gasteiger partial charge in [0.15, 0.2) is 0 Å². The molecule has 1 heterocycles. The van der Waals surface area contributed by atoms with E-state index in [-0.39, 0.29) is 6.61 Å². The van der Waals surface area contributed by atoms with Crippen LogP contribution in [0.3, 0.4) is 0 Å². The number of benzene rings is 1. The Morgan fingerprint density at radius 2 is 2.14 bits per heavy atom. The predicted molar refractivity (Wildman–Crippen MR) is 58.7 cm³/mol. The molecule has 2 N–H and O–H groups in total. The van der Waals surface area contributed by atoms with Crippen molar-refractivity contribution in [2.45, 2.75) is 0 Å². The Balaban J connectivity index is 2.42. The third kappa shape index (κ3) is 1.46. The number of aromatic amines is 1. The van der Waals surface area contributed by atoms with Gasteiger partial charge in [-0.2, -0.15) is 0 Å². The fourth-order valence-electron chi connectivity index (χ4n) is 1.64. The van der Waals surface area contributed by atoms with E-state index in [9.17, 15) is 0 Å². The average Bonchev–Trinajstić information content (AvgIpc) is 2.61. The maximum atomic E-state index is 8.86. The van der Waals surface area contributed by atoms with E-state index >= 15 is 0 Å². The number of nitrogens with one attached hydrogen (secondary N) is 1. The standard InChI is InChI=1S/C11H14N2O/c1-13(6-7-14)11-8-12-10-5-3-2-4-9(10)11/h2-5,8,12,14H,6-7H2,1H3. The highest BCUT2D eigenvalue weighted by atomic mass is 16.3. The smallest absolute Gasteiger partial charge is 0.0622 e. The molecule has 2 aromatic rings. The van der Waals surface area contributed by atoms with E-state index in [1.807, 2.05) is 36.3 Å². The molecule has 1 aromatic carbocycles. The monoisotopic (exact) mass is 190 g/mol. The zero-order valence-corrected chi connectivity index (χ0v) is 8.20. The molecule has 14 heavy (non-hydrogen) atoms. The maximum absolute atomic E-state index is 8.86. The highest BCUT2D eigenvalue weighted by Crippen LogP contribution is 2.24. The summed E-state index contributed by atoms with van der Waals surface area (Å²) in [5.41, 5.74) is 2.27. The van der Waals surface area contributed by atoms with Crippen molar-refractivity contribution in [1.29, 1.82) is 0 Å². The van der Waals surface area contributed by atoms with Crippen molar-refractivity contribution in [1.82, 2.24) is 4.98 Å². The van der Waals surface area contributed by atoms with Crippen LogP contribution in [0.2, 0.25) is 0 Å². The number of likely N-dealkylation sites (N-methyl/N-ethyl adjacent to an activating group) is 1. The molecule has 0 aliphatic carbocycles. The molecule has 74 valence electrons. The molecule has 0 aliphatic rings. The second-order valence-corrected chi connectivity index (χ2v) is 3.36. The predicted octanol–water partition coefficient (Wildman–Crippen LogP) is 1.60. The summed E-state index contributed by atoms with van der Waals surface area (Å²) in [7, 11) is 1.98. The third-order valence-electron chi connectivity index (χ3n) is 2.41. The van der Waals surface area contributed by atoms with Crippen LogP contribution >= 0.6 is 0 Å². The summed E-state index contributed by atoms with van der Waals surface area (Å²) in [4.78, 5) is 5.24. The van der Waals surface area contributed by atoms with Gasteiger partial charge in [0.1, 0.15) is 0 Å². The fourth-order valence-corrected chi connectivity index (χ4v) is 1.64. The molecular weight excluding hydrogens is 176 g/mol. The van der Waals surface area contributed by atoms with Crippen LogP contribution in [-0.2, 0) is 0 Å². The fraction of sp³-hybridized carbons (Fsp3) is 0.273. The van der Waals surface area contributed by atoms with Crippen LogP contribution in [-0.4, -0.2) is 30.3 Å². The summed E-state index contributed by atoms with van der Waals surface area (Å²) in [5, 5.41) is 10.1. The van der Waals surface area contributed by atoms with Crippen molar-refractivity contribution in [2.75, 3.05) is 25.1 Å². The lowest BCUT2D eigenvalue weighted by Gasteiger charge is -2.16. The maximum Gasteiger partial charge on any atom is 0.0622 e. The third-order valence-corrected chi connectivity index (χ3v) is 2.41. The average molecular weight is 190 g/mol. The Morgan fingerprint density at radius 3 is 2.93 bits per heavy atom. The number of aliphatic hydroxyl groups excluding tert-OH is 1. The highest BCUT2D eigenvalue weighted by Gasteiger charge is 2.06. The number of aromatic nitrogens is 1. The van der Waals surface area contributed by atoms with Crippen molar-refractivity contribution in [3.63, 3.8) is 0 Å². The molecule has 0 amide bonds. The molecule has 0 unspecified atom stereocenters. The number of rotatable bonds is 3. The van der Waals surface area contributed by atoms with Crippen LogP contribution in [0.25, 0.3) is 10.9 Å². The summed E-state index contributed by atoms with van der Waals surface area (Å²) in [6.45, 7) is 0.831. The van der Waals surface area contributed by atoms with Crippen LogP contribution < -0.4 is 4.90 Å². The number of para-hydroxylation sites is 1. The first-order valence-electron chi connectivity index (χ1n) is 4.71. The summed E-state index contributed by atoms with van der Waals surface area (Å²) in [6.07, 6.45) is 1.97. The highest BCUT2D eigenvalue weighted by molar-refractivity contribution is 5.92. The van der Waals surface area contributed by atoms with Crippen molar-refractivity contribution < 1.29 is 5.11 Å². The topological polar surface area (TPSA) is 39.3 Å². The molecule has 0 saturated carbocycles. The van der Waals surface area contributed by atoms with E-state index in [0.29, 0.717) is 6.54 Å². The molecule has 3 heteroatoms. The zero-order chi connectivity index (χ0) is 9.97. The van der Waals surface area contributed by atoms with Gasteiger partial charge in [-0.3, -0.25) is 0 Å². The van der Waals surface area contributed by atoms with Crippen LogP contribution in [0.5, 0.6) is 0 Å². The van der Waals surface area contributed by atoms with E-state index in [1.54, 1.807) is 0 Å². The quantitative estimate of drug-likeness (QED) is 0.771. The Hall–Kier alpha value is -1.48. The second-order valence-electron chi connectivity index (χ2n) is 3.36. The Bertz CT molecular complexity index is 422. The van der Waals surface area contributed by atoms with Gasteiger partial charge in [-0.1, -0.05) is 18.2 Å². The van der Waals surface area contributed by atoms with Crippen LogP contribution in [0.1, 0.15) is 0 Å². The summed E-state index contributed by atoms with van der Waals surface area (Å²) in [5.74, 6) is 0. The van der Waals surface area contributed by atoms with Crippen LogP contribution in [0, 0.1) is 0 Å². The lowest BCUT2D eigenvalue weighted by atomic mass is 10.2. The van der Waals surface area contributed by atoms with Gasteiger partial charge in [-0.15, -0.1) is 0 Å². The lowest BCUT2D eigenvalue weighted by molar-refractivity contribution is 0.304. The van der Waals surface area contributed by atoms with Crippen LogP contribution in [0.15, 0.2) is 30.5 Å². The number of hydrogen-bond acceptors (Lipinski definition) is 2. The molecule has 0 saturated heterocycles. The first kappa shape index (κ1) is 9.09. The molecule has 0 bridgehead atoms. The molecule has 2 rings (SSSR count). The van der Waals surface area contributed by atoms with Crippen molar-refractivity contribution in [3.05, 3.63) is 30.5 Å². The molecular formula is C11H14N2O. The van der Waals surface area contributed by atoms with Gasteiger partial charge in [-0.05, 0) is 6.07 Å².